The largest absolute Gasteiger partial charge is 0.497 e. The number of methoxy groups -OCH3 is 1. The zero-order valence-electron chi connectivity index (χ0n) is 15.2. The van der Waals surface area contributed by atoms with Crippen molar-refractivity contribution in [2.75, 3.05) is 13.7 Å². The molecule has 28 heavy (non-hydrogen) atoms. The van der Waals surface area contributed by atoms with Crippen LogP contribution in [0, 0.1) is 5.82 Å². The molecular weight excluding hydrogens is 377 g/mol. The molecule has 0 unspecified atom stereocenters. The van der Waals surface area contributed by atoms with E-state index in [4.69, 9.17) is 4.74 Å². The highest BCUT2D eigenvalue weighted by atomic mass is 32.1. The lowest BCUT2D eigenvalue weighted by atomic mass is 10.1. The van der Waals surface area contributed by atoms with Gasteiger partial charge >= 0.3 is 0 Å². The maximum absolute atomic E-state index is 13.8. The predicted molar refractivity (Wildman–Crippen MR) is 107 cm³/mol. The summed E-state index contributed by atoms with van der Waals surface area (Å²) < 4.78 is 21.0. The summed E-state index contributed by atoms with van der Waals surface area (Å²) >= 11 is 1.46. The molecule has 0 radical (unpaired) electrons. The normalized spacial score (nSPS) is 10.9. The van der Waals surface area contributed by atoms with Crippen molar-refractivity contribution in [3.63, 3.8) is 0 Å². The van der Waals surface area contributed by atoms with Gasteiger partial charge in [-0.25, -0.2) is 9.37 Å². The summed E-state index contributed by atoms with van der Waals surface area (Å²) in [6.45, 7) is 0.322. The van der Waals surface area contributed by atoms with Crippen LogP contribution in [0.25, 0.3) is 16.2 Å². The monoisotopic (exact) mass is 395 g/mol. The number of hydrogen-bond acceptors (Lipinski definition) is 4. The molecule has 5 nitrogen and oxygen atoms in total. The van der Waals surface area contributed by atoms with Gasteiger partial charge in [-0.2, -0.15) is 0 Å². The fraction of sp³-hybridized carbons (Fsp3) is 0.143. The van der Waals surface area contributed by atoms with E-state index in [0.29, 0.717) is 35.7 Å². The van der Waals surface area contributed by atoms with Crippen LogP contribution in [-0.2, 0) is 6.42 Å². The molecule has 142 valence electrons. The van der Waals surface area contributed by atoms with Gasteiger partial charge in [0.2, 0.25) is 0 Å². The van der Waals surface area contributed by atoms with Crippen LogP contribution in [-0.4, -0.2) is 28.9 Å². The van der Waals surface area contributed by atoms with Gasteiger partial charge in [-0.15, -0.1) is 11.3 Å². The molecule has 0 bridgehead atoms. The van der Waals surface area contributed by atoms with Gasteiger partial charge in [0.15, 0.2) is 10.7 Å². The Morgan fingerprint density at radius 2 is 2.11 bits per heavy atom. The number of fused-ring (bicyclic) bond motifs is 1. The van der Waals surface area contributed by atoms with Crippen molar-refractivity contribution in [1.29, 1.82) is 0 Å². The highest BCUT2D eigenvalue weighted by Crippen LogP contribution is 2.29. The number of benzene rings is 2. The number of nitrogens with zero attached hydrogens (tertiary/aromatic N) is 2. The van der Waals surface area contributed by atoms with Crippen molar-refractivity contribution in [3.05, 3.63) is 77.2 Å². The summed E-state index contributed by atoms with van der Waals surface area (Å²) in [6.07, 6.45) is 2.30. The molecule has 2 heterocycles. The predicted octanol–water partition coefficient (Wildman–Crippen LogP) is 4.18. The molecular formula is C21H18FN3O2S. The molecule has 0 atom stereocenters. The average Bonchev–Trinajstić information content (AvgIpc) is 3.30. The second-order valence-corrected chi connectivity index (χ2v) is 7.07. The Labute approximate surface area is 165 Å². The first-order chi connectivity index (χ1) is 13.7. The quantitative estimate of drug-likeness (QED) is 0.533. The van der Waals surface area contributed by atoms with Gasteiger partial charge in [0, 0.05) is 23.7 Å². The molecule has 0 fully saturated rings. The van der Waals surface area contributed by atoms with Gasteiger partial charge in [0.25, 0.3) is 5.91 Å². The zero-order valence-corrected chi connectivity index (χ0v) is 16.0. The highest BCUT2D eigenvalue weighted by molar-refractivity contribution is 7.15. The third kappa shape index (κ3) is 3.48. The first kappa shape index (κ1) is 18.2. The lowest BCUT2D eigenvalue weighted by molar-refractivity contribution is 0.0950. The van der Waals surface area contributed by atoms with Crippen LogP contribution in [0.2, 0.25) is 0 Å². The van der Waals surface area contributed by atoms with E-state index in [2.05, 4.69) is 10.3 Å². The van der Waals surface area contributed by atoms with Crippen LogP contribution in [0.15, 0.2) is 60.1 Å². The maximum Gasteiger partial charge on any atom is 0.272 e. The maximum atomic E-state index is 13.8. The Balaban J connectivity index is 1.60. The second-order valence-electron chi connectivity index (χ2n) is 6.19. The molecule has 4 aromatic rings. The standard InChI is InChI=1S/C21H18FN3O2S/c1-27-16-7-4-6-15(13-16)19-18(24-21-25(19)11-12-28-21)20(26)23-10-9-14-5-2-3-8-17(14)22/h2-8,11-13H,9-10H2,1H3,(H,23,26). The minimum atomic E-state index is -0.287. The van der Waals surface area contributed by atoms with Gasteiger partial charge in [-0.05, 0) is 30.2 Å². The van der Waals surface area contributed by atoms with Gasteiger partial charge in [-0.3, -0.25) is 9.20 Å². The van der Waals surface area contributed by atoms with Crippen molar-refractivity contribution < 1.29 is 13.9 Å². The Bertz CT molecular complexity index is 1140. The van der Waals surface area contributed by atoms with E-state index >= 15 is 0 Å². The van der Waals surface area contributed by atoms with Crippen molar-refractivity contribution in [2.45, 2.75) is 6.42 Å². The zero-order chi connectivity index (χ0) is 19.5. The molecule has 7 heteroatoms. The molecule has 0 spiro atoms. The molecule has 2 aromatic heterocycles. The topological polar surface area (TPSA) is 55.6 Å². The number of halogens is 1. The minimum Gasteiger partial charge on any atom is -0.497 e. The minimum absolute atomic E-state index is 0.267. The molecule has 2 aromatic carbocycles. The van der Waals surface area contributed by atoms with E-state index in [9.17, 15) is 9.18 Å². The number of nitrogens with one attached hydrogen (secondary N) is 1. The number of thiazole rings is 1. The number of hydrogen-bond donors (Lipinski definition) is 1. The first-order valence-electron chi connectivity index (χ1n) is 8.79. The Morgan fingerprint density at radius 3 is 2.93 bits per heavy atom. The highest BCUT2D eigenvalue weighted by Gasteiger charge is 2.21. The van der Waals surface area contributed by atoms with E-state index in [0.717, 1.165) is 10.5 Å². The van der Waals surface area contributed by atoms with Crippen LogP contribution >= 0.6 is 11.3 Å². The number of aromatic nitrogens is 2. The third-order valence-corrected chi connectivity index (χ3v) is 5.21. The number of carbonyl (C=O) groups is 1. The van der Waals surface area contributed by atoms with Crippen LogP contribution in [0.1, 0.15) is 16.1 Å². The molecule has 0 aliphatic heterocycles. The van der Waals surface area contributed by atoms with Crippen LogP contribution in [0.4, 0.5) is 4.39 Å². The first-order valence-corrected chi connectivity index (χ1v) is 9.67. The van der Waals surface area contributed by atoms with Gasteiger partial charge < -0.3 is 10.1 Å². The van der Waals surface area contributed by atoms with Crippen molar-refractivity contribution in [2.24, 2.45) is 0 Å². The Morgan fingerprint density at radius 1 is 1.25 bits per heavy atom. The number of amides is 1. The van der Waals surface area contributed by atoms with Crippen molar-refractivity contribution in [1.82, 2.24) is 14.7 Å². The van der Waals surface area contributed by atoms with Gasteiger partial charge in [0.05, 0.1) is 12.8 Å². The lowest BCUT2D eigenvalue weighted by Gasteiger charge is -2.08. The fourth-order valence-electron chi connectivity index (χ4n) is 3.09. The van der Waals surface area contributed by atoms with E-state index in [1.165, 1.54) is 17.4 Å². The van der Waals surface area contributed by atoms with E-state index in [1.54, 1.807) is 25.3 Å². The molecule has 0 aliphatic rings. The summed E-state index contributed by atoms with van der Waals surface area (Å²) in [5.74, 6) is 0.148. The molecule has 0 aliphatic carbocycles. The number of imidazole rings is 1. The summed E-state index contributed by atoms with van der Waals surface area (Å²) in [6, 6.07) is 14.1. The fourth-order valence-corrected chi connectivity index (χ4v) is 3.80. The molecule has 1 N–H and O–H groups in total. The van der Waals surface area contributed by atoms with Gasteiger partial charge in [0.1, 0.15) is 11.6 Å². The number of rotatable bonds is 6. The molecule has 4 rings (SSSR count). The Kier molecular flexibility index (Phi) is 5.08. The van der Waals surface area contributed by atoms with Crippen LogP contribution in [0.5, 0.6) is 5.75 Å². The number of carbonyl (C=O) groups excluding carboxylic acids is 1. The SMILES string of the molecule is COc1cccc(-c2c(C(=O)NCCc3ccccc3F)nc3sccn23)c1. The summed E-state index contributed by atoms with van der Waals surface area (Å²) in [4.78, 5) is 18.1. The summed E-state index contributed by atoms with van der Waals surface area (Å²) in [7, 11) is 1.60. The van der Waals surface area contributed by atoms with E-state index < -0.39 is 0 Å². The lowest BCUT2D eigenvalue weighted by Crippen LogP contribution is -2.26. The number of ether oxygens (including phenoxy) is 1. The molecule has 1 amide bonds. The van der Waals surface area contributed by atoms with Crippen molar-refractivity contribution in [3.8, 4) is 17.0 Å². The second kappa shape index (κ2) is 7.82. The van der Waals surface area contributed by atoms with Crippen LogP contribution in [0.3, 0.4) is 0 Å². The third-order valence-electron chi connectivity index (χ3n) is 4.46. The summed E-state index contributed by atoms with van der Waals surface area (Å²) in [5, 5.41) is 4.78. The average molecular weight is 395 g/mol. The van der Waals surface area contributed by atoms with Crippen molar-refractivity contribution >= 4 is 22.2 Å². The van der Waals surface area contributed by atoms with E-state index in [1.807, 2.05) is 40.2 Å². The summed E-state index contributed by atoms with van der Waals surface area (Å²) in [5.41, 5.74) is 2.46. The van der Waals surface area contributed by atoms with E-state index in [-0.39, 0.29) is 11.7 Å². The Hall–Kier alpha value is -3.19. The smallest absolute Gasteiger partial charge is 0.272 e. The van der Waals surface area contributed by atoms with Gasteiger partial charge in [-0.1, -0.05) is 30.3 Å². The molecule has 0 saturated carbocycles. The molecule has 0 saturated heterocycles. The van der Waals surface area contributed by atoms with Crippen LogP contribution < -0.4 is 10.1 Å².